The van der Waals surface area contributed by atoms with Gasteiger partial charge in [0.05, 0.1) is 12.3 Å². The summed E-state index contributed by atoms with van der Waals surface area (Å²) in [5, 5.41) is 2.81. The number of ether oxygens (including phenoxy) is 1. The average molecular weight is 439 g/mol. The summed E-state index contributed by atoms with van der Waals surface area (Å²) in [6, 6.07) is 13.3. The summed E-state index contributed by atoms with van der Waals surface area (Å²) >= 11 is 0. The lowest BCUT2D eigenvalue weighted by atomic mass is 10.2. The monoisotopic (exact) mass is 438 g/mol. The highest BCUT2D eigenvalue weighted by Gasteiger charge is 2.23. The van der Waals surface area contributed by atoms with Gasteiger partial charge in [0.15, 0.2) is 0 Å². The van der Waals surface area contributed by atoms with E-state index in [2.05, 4.69) is 10.2 Å². The van der Waals surface area contributed by atoms with Crippen LogP contribution in [0.1, 0.15) is 18.4 Å². The summed E-state index contributed by atoms with van der Waals surface area (Å²) < 4.78 is 24.4. The fourth-order valence-electron chi connectivity index (χ4n) is 3.62. The van der Waals surface area contributed by atoms with Gasteiger partial charge in [0, 0.05) is 44.0 Å². The highest BCUT2D eigenvalue weighted by Crippen LogP contribution is 2.25. The zero-order chi connectivity index (χ0) is 22.5. The Hall–Kier alpha value is -3.39. The van der Waals surface area contributed by atoms with Crippen LogP contribution in [0.5, 0.6) is 5.75 Å². The van der Waals surface area contributed by atoms with Crippen LogP contribution in [0.4, 0.5) is 14.9 Å². The van der Waals surface area contributed by atoms with Gasteiger partial charge in [-0.15, -0.1) is 0 Å². The molecule has 1 aliphatic heterocycles. The average Bonchev–Trinajstić information content (AvgIpc) is 3.16. The Morgan fingerprint density at radius 2 is 1.78 bits per heavy atom. The first-order chi connectivity index (χ1) is 15.5. The van der Waals surface area contributed by atoms with Crippen molar-refractivity contribution < 1.29 is 18.3 Å². The molecule has 0 atom stereocenters. The van der Waals surface area contributed by atoms with Gasteiger partial charge in [-0.25, -0.2) is 14.2 Å². The topological polar surface area (TPSA) is 70.8 Å². The number of urea groups is 1. The maximum Gasteiger partial charge on any atom is 0.321 e. The van der Waals surface area contributed by atoms with Gasteiger partial charge in [-0.1, -0.05) is 0 Å². The van der Waals surface area contributed by atoms with Crippen LogP contribution in [-0.4, -0.2) is 53.6 Å². The molecule has 3 aromatic rings. The standard InChI is InChI=1S/C24H27FN4O3/c1-3-31-21-10-4-18(5-11-21)23-27-22(17(2)32-23)16-28-12-14-29(15-13-28)24(30)26-20-8-6-19(25)7-9-20/h4-11H,3,12-16H2,1-2H3,(H,26,30). The molecule has 0 aliphatic carbocycles. The Bertz CT molecular complexity index is 1040. The van der Waals surface area contributed by atoms with Crippen LogP contribution in [0.2, 0.25) is 0 Å². The van der Waals surface area contributed by atoms with Crippen molar-refractivity contribution in [3.63, 3.8) is 0 Å². The predicted octanol–water partition coefficient (Wildman–Crippen LogP) is 4.54. The van der Waals surface area contributed by atoms with Crippen LogP contribution in [0.15, 0.2) is 52.9 Å². The molecule has 1 fully saturated rings. The smallest absolute Gasteiger partial charge is 0.321 e. The number of rotatable bonds is 6. The van der Waals surface area contributed by atoms with E-state index in [0.717, 1.165) is 35.9 Å². The van der Waals surface area contributed by atoms with Crippen LogP contribution >= 0.6 is 0 Å². The third-order valence-electron chi connectivity index (χ3n) is 5.43. The fourth-order valence-corrected chi connectivity index (χ4v) is 3.62. The number of amides is 2. The van der Waals surface area contributed by atoms with Crippen molar-refractivity contribution in [2.75, 3.05) is 38.1 Å². The van der Waals surface area contributed by atoms with Gasteiger partial charge in [0.1, 0.15) is 17.3 Å². The molecule has 2 amide bonds. The number of hydrogen-bond donors (Lipinski definition) is 1. The van der Waals surface area contributed by atoms with E-state index in [0.29, 0.717) is 37.8 Å². The lowest BCUT2D eigenvalue weighted by Gasteiger charge is -2.34. The molecule has 2 aromatic carbocycles. The molecule has 2 heterocycles. The second-order valence-electron chi connectivity index (χ2n) is 7.68. The van der Waals surface area contributed by atoms with Crippen LogP contribution in [0.3, 0.4) is 0 Å². The largest absolute Gasteiger partial charge is 0.494 e. The van der Waals surface area contributed by atoms with Crippen LogP contribution in [0, 0.1) is 12.7 Å². The summed E-state index contributed by atoms with van der Waals surface area (Å²) in [6.07, 6.45) is 0. The minimum absolute atomic E-state index is 0.174. The zero-order valence-corrected chi connectivity index (χ0v) is 18.3. The Morgan fingerprint density at radius 1 is 1.09 bits per heavy atom. The Kier molecular flexibility index (Phi) is 6.70. The van der Waals surface area contributed by atoms with Gasteiger partial charge in [-0.05, 0) is 62.4 Å². The number of anilines is 1. The fraction of sp³-hybridized carbons (Fsp3) is 0.333. The van der Waals surface area contributed by atoms with Gasteiger partial charge in [0.2, 0.25) is 5.89 Å². The highest BCUT2D eigenvalue weighted by molar-refractivity contribution is 5.89. The Balaban J connectivity index is 1.31. The van der Waals surface area contributed by atoms with E-state index >= 15 is 0 Å². The van der Waals surface area contributed by atoms with Crippen LogP contribution in [0.25, 0.3) is 11.5 Å². The molecule has 1 aromatic heterocycles. The molecule has 32 heavy (non-hydrogen) atoms. The molecule has 0 saturated carbocycles. The second-order valence-corrected chi connectivity index (χ2v) is 7.68. The molecular weight excluding hydrogens is 411 g/mol. The lowest BCUT2D eigenvalue weighted by Crippen LogP contribution is -2.49. The quantitative estimate of drug-likeness (QED) is 0.612. The zero-order valence-electron chi connectivity index (χ0n) is 18.3. The number of halogens is 1. The van der Waals surface area contributed by atoms with E-state index in [1.165, 1.54) is 12.1 Å². The molecule has 4 rings (SSSR count). The molecule has 1 aliphatic rings. The molecule has 168 valence electrons. The molecule has 7 nitrogen and oxygen atoms in total. The normalized spacial score (nSPS) is 14.4. The minimum atomic E-state index is -0.328. The van der Waals surface area contributed by atoms with Crippen molar-refractivity contribution in [3.8, 4) is 17.2 Å². The molecule has 8 heteroatoms. The van der Waals surface area contributed by atoms with Crippen LogP contribution < -0.4 is 10.1 Å². The second kappa shape index (κ2) is 9.82. The van der Waals surface area contributed by atoms with Crippen molar-refractivity contribution >= 4 is 11.7 Å². The van der Waals surface area contributed by atoms with E-state index in [9.17, 15) is 9.18 Å². The molecule has 1 saturated heterocycles. The molecule has 0 radical (unpaired) electrons. The number of nitrogens with zero attached hydrogens (tertiary/aromatic N) is 3. The van der Waals surface area contributed by atoms with Gasteiger partial charge < -0.3 is 19.4 Å². The van der Waals surface area contributed by atoms with Crippen LogP contribution in [-0.2, 0) is 6.54 Å². The number of aryl methyl sites for hydroxylation is 1. The number of piperazine rings is 1. The molecule has 0 unspecified atom stereocenters. The van der Waals surface area contributed by atoms with Gasteiger partial charge in [0.25, 0.3) is 0 Å². The summed E-state index contributed by atoms with van der Waals surface area (Å²) in [6.45, 7) is 7.86. The van der Waals surface area contributed by atoms with Crippen molar-refractivity contribution in [2.45, 2.75) is 20.4 Å². The Labute approximate surface area is 186 Å². The first kappa shape index (κ1) is 21.8. The third kappa shape index (κ3) is 5.26. The number of carbonyl (C=O) groups excluding carboxylic acids is 1. The summed E-state index contributed by atoms with van der Waals surface area (Å²) in [5.74, 6) is 1.88. The number of nitrogens with one attached hydrogen (secondary N) is 1. The summed E-state index contributed by atoms with van der Waals surface area (Å²) in [5.41, 5.74) is 2.39. The molecular formula is C24H27FN4O3. The van der Waals surface area contributed by atoms with E-state index in [4.69, 9.17) is 14.1 Å². The van der Waals surface area contributed by atoms with E-state index in [1.807, 2.05) is 38.1 Å². The maximum atomic E-state index is 13.0. The Morgan fingerprint density at radius 3 is 2.44 bits per heavy atom. The van der Waals surface area contributed by atoms with E-state index in [1.54, 1.807) is 17.0 Å². The number of hydrogen-bond acceptors (Lipinski definition) is 5. The molecule has 0 spiro atoms. The number of carbonyl (C=O) groups is 1. The van der Waals surface area contributed by atoms with Gasteiger partial charge in [-0.3, -0.25) is 4.90 Å². The van der Waals surface area contributed by atoms with Crippen molar-refractivity contribution in [2.24, 2.45) is 0 Å². The highest BCUT2D eigenvalue weighted by atomic mass is 19.1. The molecule has 1 N–H and O–H groups in total. The molecule has 0 bridgehead atoms. The van der Waals surface area contributed by atoms with Gasteiger partial charge >= 0.3 is 6.03 Å². The maximum absolute atomic E-state index is 13.0. The summed E-state index contributed by atoms with van der Waals surface area (Å²) in [7, 11) is 0. The first-order valence-corrected chi connectivity index (χ1v) is 10.7. The number of aromatic nitrogens is 1. The lowest BCUT2D eigenvalue weighted by molar-refractivity contribution is 0.141. The number of oxazole rings is 1. The SMILES string of the molecule is CCOc1ccc(-c2nc(CN3CCN(C(=O)Nc4ccc(F)cc4)CC3)c(C)o2)cc1. The predicted molar refractivity (Wildman–Crippen MR) is 120 cm³/mol. The van der Waals surface area contributed by atoms with Crippen molar-refractivity contribution in [1.29, 1.82) is 0 Å². The van der Waals surface area contributed by atoms with E-state index in [-0.39, 0.29) is 11.8 Å². The van der Waals surface area contributed by atoms with Gasteiger partial charge in [-0.2, -0.15) is 0 Å². The summed E-state index contributed by atoms with van der Waals surface area (Å²) in [4.78, 5) is 21.2. The van der Waals surface area contributed by atoms with Crippen molar-refractivity contribution in [3.05, 3.63) is 65.8 Å². The minimum Gasteiger partial charge on any atom is -0.494 e. The van der Waals surface area contributed by atoms with Crippen molar-refractivity contribution in [1.82, 2.24) is 14.8 Å². The first-order valence-electron chi connectivity index (χ1n) is 10.7. The number of benzene rings is 2. The third-order valence-corrected chi connectivity index (χ3v) is 5.43. The van der Waals surface area contributed by atoms with E-state index < -0.39 is 0 Å².